The number of nitrogens with zero attached hydrogens (tertiary/aromatic N) is 1. The molecule has 0 saturated carbocycles. The van der Waals surface area contributed by atoms with E-state index in [4.69, 9.17) is 10.4 Å². The molecule has 0 aliphatic carbocycles. The van der Waals surface area contributed by atoms with Crippen LogP contribution >= 0.6 is 31.9 Å². The van der Waals surface area contributed by atoms with E-state index in [1.165, 1.54) is 6.21 Å². The molecule has 1 unspecified atom stereocenters. The zero-order chi connectivity index (χ0) is 20.2. The molecule has 0 bridgehead atoms. The highest BCUT2D eigenvalue weighted by Crippen LogP contribution is 2.31. The van der Waals surface area contributed by atoms with Gasteiger partial charge in [0.15, 0.2) is 0 Å². The van der Waals surface area contributed by atoms with E-state index < -0.39 is 0 Å². The largest absolute Gasteiger partial charge is 0.369 e. The van der Waals surface area contributed by atoms with Gasteiger partial charge in [-0.2, -0.15) is 0 Å². The molecule has 3 N–H and O–H groups in total. The lowest BCUT2D eigenvalue weighted by Crippen LogP contribution is -2.43. The fourth-order valence-electron chi connectivity index (χ4n) is 3.09. The Labute approximate surface area is 186 Å². The van der Waals surface area contributed by atoms with Gasteiger partial charge in [0.1, 0.15) is 11.9 Å². The molecule has 0 spiro atoms. The van der Waals surface area contributed by atoms with Crippen LogP contribution in [0.25, 0.3) is 11.4 Å². The first-order valence-corrected chi connectivity index (χ1v) is 10.7. The second-order valence-corrected chi connectivity index (χ2v) is 8.35. The molecular weight excluding hydrogens is 492 g/mol. The summed E-state index contributed by atoms with van der Waals surface area (Å²) in [6.07, 6.45) is 1.37. The molecule has 0 radical (unpaired) electrons. The summed E-state index contributed by atoms with van der Waals surface area (Å²) in [5, 5.41) is 14.8. The van der Waals surface area contributed by atoms with E-state index >= 15 is 0 Å². The van der Waals surface area contributed by atoms with Gasteiger partial charge in [0.05, 0.1) is 11.4 Å². The minimum absolute atomic E-state index is 0.354. The van der Waals surface area contributed by atoms with Crippen molar-refractivity contribution < 1.29 is 0 Å². The summed E-state index contributed by atoms with van der Waals surface area (Å²) < 4.78 is 2.03. The number of rotatable bonds is 4. The monoisotopic (exact) mass is 508 g/mol. The van der Waals surface area contributed by atoms with E-state index in [0.29, 0.717) is 5.84 Å². The molecule has 1 aliphatic heterocycles. The van der Waals surface area contributed by atoms with Gasteiger partial charge in [0.2, 0.25) is 0 Å². The Kier molecular flexibility index (Phi) is 5.92. The second kappa shape index (κ2) is 8.76. The molecule has 3 aromatic rings. The third kappa shape index (κ3) is 4.49. The first-order chi connectivity index (χ1) is 14.1. The molecule has 1 heterocycles. The summed E-state index contributed by atoms with van der Waals surface area (Å²) in [7, 11) is 0. The molecule has 4 nitrogen and oxygen atoms in total. The van der Waals surface area contributed by atoms with E-state index in [2.05, 4.69) is 42.5 Å². The van der Waals surface area contributed by atoms with Gasteiger partial charge in [-0.1, -0.05) is 74.3 Å². The Hall–Kier alpha value is -2.70. The maximum absolute atomic E-state index is 7.93. The predicted octanol–water partition coefficient (Wildman–Crippen LogP) is 6.17. The molecule has 0 amide bonds. The van der Waals surface area contributed by atoms with E-state index in [1.807, 2.05) is 78.9 Å². The first kappa shape index (κ1) is 19.6. The van der Waals surface area contributed by atoms with Crippen LogP contribution in [0.4, 0.5) is 5.69 Å². The van der Waals surface area contributed by atoms with Crippen molar-refractivity contribution in [3.63, 3.8) is 0 Å². The Bertz CT molecular complexity index is 1070. The zero-order valence-corrected chi connectivity index (χ0v) is 18.5. The van der Waals surface area contributed by atoms with E-state index in [-0.39, 0.29) is 6.04 Å². The van der Waals surface area contributed by atoms with Crippen molar-refractivity contribution in [2.45, 2.75) is 6.04 Å². The van der Waals surface area contributed by atoms with Crippen molar-refractivity contribution in [3.8, 4) is 0 Å². The van der Waals surface area contributed by atoms with Crippen LogP contribution < -0.4 is 10.6 Å². The van der Waals surface area contributed by atoms with Crippen LogP contribution in [-0.4, -0.2) is 18.1 Å². The van der Waals surface area contributed by atoms with Crippen molar-refractivity contribution in [1.82, 2.24) is 5.32 Å². The highest BCUT2D eigenvalue weighted by Gasteiger charge is 2.25. The minimum atomic E-state index is -0.354. The molecule has 0 fully saturated rings. The highest BCUT2D eigenvalue weighted by molar-refractivity contribution is 9.10. The SMILES string of the molecule is N=CC1NC(c2ccc(Br)cc2)=C(c2ccc(Br)cc2)N=C1Nc1ccccc1. The fourth-order valence-corrected chi connectivity index (χ4v) is 3.62. The highest BCUT2D eigenvalue weighted by atomic mass is 79.9. The van der Waals surface area contributed by atoms with Gasteiger partial charge in [-0.15, -0.1) is 0 Å². The van der Waals surface area contributed by atoms with Crippen LogP contribution in [0.3, 0.4) is 0 Å². The average Bonchev–Trinajstić information content (AvgIpc) is 2.75. The van der Waals surface area contributed by atoms with Gasteiger partial charge in [-0.25, -0.2) is 4.99 Å². The Balaban J connectivity index is 1.84. The molecule has 1 atom stereocenters. The summed E-state index contributed by atoms with van der Waals surface area (Å²) in [6, 6.07) is 25.7. The summed E-state index contributed by atoms with van der Waals surface area (Å²) >= 11 is 6.99. The Morgan fingerprint density at radius 2 is 1.41 bits per heavy atom. The van der Waals surface area contributed by atoms with Crippen molar-refractivity contribution in [3.05, 3.63) is 98.9 Å². The maximum Gasteiger partial charge on any atom is 0.135 e. The lowest BCUT2D eigenvalue weighted by atomic mass is 10.0. The summed E-state index contributed by atoms with van der Waals surface area (Å²) in [6.45, 7) is 0. The number of para-hydroxylation sites is 1. The third-order valence-corrected chi connectivity index (χ3v) is 5.58. The number of anilines is 1. The lowest BCUT2D eigenvalue weighted by molar-refractivity contribution is 0.924. The number of hydrogen-bond acceptors (Lipinski definition) is 4. The third-order valence-electron chi connectivity index (χ3n) is 4.53. The zero-order valence-electron chi connectivity index (χ0n) is 15.4. The molecule has 6 heteroatoms. The number of nitrogens with one attached hydrogen (secondary N) is 3. The fraction of sp³-hybridized carbons (Fsp3) is 0.0435. The van der Waals surface area contributed by atoms with Crippen LogP contribution in [0.5, 0.6) is 0 Å². The van der Waals surface area contributed by atoms with Gasteiger partial charge < -0.3 is 16.0 Å². The maximum atomic E-state index is 7.93. The van der Waals surface area contributed by atoms with Crippen LogP contribution in [-0.2, 0) is 0 Å². The number of hydrogen-bond donors (Lipinski definition) is 3. The van der Waals surface area contributed by atoms with Gasteiger partial charge in [-0.05, 0) is 42.0 Å². The van der Waals surface area contributed by atoms with E-state index in [1.54, 1.807) is 0 Å². The van der Waals surface area contributed by atoms with Crippen LogP contribution in [0.2, 0.25) is 0 Å². The molecule has 1 aliphatic rings. The van der Waals surface area contributed by atoms with Gasteiger partial charge in [-0.3, -0.25) is 0 Å². The molecular formula is C23H18Br2N4. The quantitative estimate of drug-likeness (QED) is 0.368. The molecule has 29 heavy (non-hydrogen) atoms. The molecule has 0 aromatic heterocycles. The van der Waals surface area contributed by atoms with Gasteiger partial charge >= 0.3 is 0 Å². The van der Waals surface area contributed by atoms with Gasteiger partial charge in [0, 0.05) is 26.4 Å². The molecule has 3 aromatic carbocycles. The normalized spacial score (nSPS) is 16.1. The van der Waals surface area contributed by atoms with Crippen LogP contribution in [0.15, 0.2) is 92.8 Å². The van der Waals surface area contributed by atoms with Crippen LogP contribution in [0.1, 0.15) is 11.1 Å². The minimum Gasteiger partial charge on any atom is -0.369 e. The standard InChI is InChI=1S/C23H18Br2N4/c24-17-10-6-15(7-11-17)21-22(16-8-12-18(25)13-9-16)29-23(20(14-26)28-21)27-19-4-2-1-3-5-19/h1-14,20,26,28H,(H,27,29). The van der Waals surface area contributed by atoms with Crippen LogP contribution in [0, 0.1) is 5.41 Å². The van der Waals surface area contributed by atoms with E-state index in [9.17, 15) is 0 Å². The topological polar surface area (TPSA) is 60.3 Å². The Morgan fingerprint density at radius 1 is 0.828 bits per heavy atom. The summed E-state index contributed by atoms with van der Waals surface area (Å²) in [4.78, 5) is 4.95. The molecule has 144 valence electrons. The lowest BCUT2D eigenvalue weighted by Gasteiger charge is -2.28. The summed E-state index contributed by atoms with van der Waals surface area (Å²) in [5.41, 5.74) is 4.67. The average molecular weight is 510 g/mol. The predicted molar refractivity (Wildman–Crippen MR) is 128 cm³/mol. The number of halogens is 2. The Morgan fingerprint density at radius 3 is 2.00 bits per heavy atom. The van der Waals surface area contributed by atoms with Crippen molar-refractivity contribution >= 4 is 61.0 Å². The van der Waals surface area contributed by atoms with Crippen molar-refractivity contribution in [1.29, 1.82) is 5.41 Å². The molecule has 0 saturated heterocycles. The van der Waals surface area contributed by atoms with Gasteiger partial charge in [0.25, 0.3) is 0 Å². The van der Waals surface area contributed by atoms with E-state index in [0.717, 1.165) is 37.2 Å². The number of benzene rings is 3. The molecule has 4 rings (SSSR count). The smallest absolute Gasteiger partial charge is 0.135 e. The second-order valence-electron chi connectivity index (χ2n) is 6.51. The first-order valence-electron chi connectivity index (χ1n) is 9.08. The summed E-state index contributed by atoms with van der Waals surface area (Å²) in [5.74, 6) is 0.685. The number of amidine groups is 1. The number of aliphatic imine (C=N–C) groups is 1. The van der Waals surface area contributed by atoms with Crippen molar-refractivity contribution in [2.24, 2.45) is 4.99 Å². The van der Waals surface area contributed by atoms with Crippen molar-refractivity contribution in [2.75, 3.05) is 5.32 Å².